The number of piperidine rings is 1. The van der Waals surface area contributed by atoms with Crippen LogP contribution in [-0.4, -0.2) is 52.1 Å². The molecule has 1 N–H and O–H groups in total. The van der Waals surface area contributed by atoms with Crippen molar-refractivity contribution in [3.05, 3.63) is 28.8 Å². The number of imidazole rings is 1. The average molecular weight is 332 g/mol. The zero-order valence-electron chi connectivity index (χ0n) is 14.4. The summed E-state index contributed by atoms with van der Waals surface area (Å²) >= 11 is 0. The molecule has 0 atom stereocenters. The highest BCUT2D eigenvalue weighted by atomic mass is 16.5. The number of amides is 1. The van der Waals surface area contributed by atoms with Crippen molar-refractivity contribution in [3.63, 3.8) is 0 Å². The molecule has 7 heteroatoms. The van der Waals surface area contributed by atoms with E-state index in [0.29, 0.717) is 25.3 Å². The van der Waals surface area contributed by atoms with Crippen LogP contribution in [0.4, 0.5) is 0 Å². The van der Waals surface area contributed by atoms with Gasteiger partial charge in [-0.05, 0) is 38.8 Å². The number of fused-ring (bicyclic) bond motifs is 1. The molecule has 1 aliphatic heterocycles. The maximum Gasteiger partial charge on any atom is 0.327 e. The van der Waals surface area contributed by atoms with Crippen LogP contribution in [0.25, 0.3) is 11.2 Å². The molecule has 7 nitrogen and oxygen atoms in total. The predicted octanol–water partition coefficient (Wildman–Crippen LogP) is 1.56. The zero-order valence-corrected chi connectivity index (χ0v) is 14.4. The van der Waals surface area contributed by atoms with Crippen molar-refractivity contribution in [2.75, 3.05) is 26.8 Å². The van der Waals surface area contributed by atoms with Gasteiger partial charge in [-0.3, -0.25) is 9.36 Å². The van der Waals surface area contributed by atoms with Crippen molar-refractivity contribution in [1.29, 1.82) is 0 Å². The number of carbonyl (C=O) groups excluding carboxylic acids is 1. The molecule has 1 aliphatic rings. The number of carbonyl (C=O) groups is 1. The second-order valence-corrected chi connectivity index (χ2v) is 7.01. The van der Waals surface area contributed by atoms with Gasteiger partial charge in [0.05, 0.1) is 17.5 Å². The molecule has 3 rings (SSSR count). The lowest BCUT2D eigenvalue weighted by Gasteiger charge is -2.36. The molecule has 0 radical (unpaired) electrons. The number of hydrogen-bond acceptors (Lipinski definition) is 4. The smallest absolute Gasteiger partial charge is 0.327 e. The number of nitrogens with one attached hydrogen (secondary N) is 1. The summed E-state index contributed by atoms with van der Waals surface area (Å²) in [5, 5.41) is 0. The van der Waals surface area contributed by atoms with E-state index >= 15 is 0 Å². The van der Waals surface area contributed by atoms with Gasteiger partial charge in [0.2, 0.25) is 5.91 Å². The van der Waals surface area contributed by atoms with Gasteiger partial charge in [0.25, 0.3) is 0 Å². The predicted molar refractivity (Wildman–Crippen MR) is 90.9 cm³/mol. The Morgan fingerprint density at radius 2 is 2.12 bits per heavy atom. The van der Waals surface area contributed by atoms with Crippen LogP contribution in [0.15, 0.2) is 23.1 Å². The first kappa shape index (κ1) is 16.7. The first-order chi connectivity index (χ1) is 11.4. The summed E-state index contributed by atoms with van der Waals surface area (Å²) < 4.78 is 6.89. The summed E-state index contributed by atoms with van der Waals surface area (Å²) in [5.41, 5.74) is 0.781. The van der Waals surface area contributed by atoms with Crippen molar-refractivity contribution in [1.82, 2.24) is 19.4 Å². The van der Waals surface area contributed by atoms with Crippen LogP contribution in [0.3, 0.4) is 0 Å². The molecule has 2 aromatic heterocycles. The zero-order chi connectivity index (χ0) is 17.3. The number of ether oxygens (including phenoxy) is 1. The summed E-state index contributed by atoms with van der Waals surface area (Å²) in [7, 11) is 1.61. The standard InChI is InChI=1S/C17H24N4O3/c1-17(2,11-24-3)15(22)20-9-6-12(7-10-20)21-14-13(19-16(21)23)5-4-8-18-14/h4-5,8,12H,6-7,9-11H2,1-3H3,(H,19,23). The first-order valence-electron chi connectivity index (χ1n) is 8.27. The Morgan fingerprint density at radius 3 is 2.79 bits per heavy atom. The fourth-order valence-corrected chi connectivity index (χ4v) is 3.47. The summed E-state index contributed by atoms with van der Waals surface area (Å²) in [6, 6.07) is 3.73. The molecule has 1 amide bonds. The number of aromatic nitrogens is 3. The van der Waals surface area contributed by atoms with Crippen molar-refractivity contribution in [2.45, 2.75) is 32.7 Å². The molecular formula is C17H24N4O3. The Hall–Kier alpha value is -2.15. The Morgan fingerprint density at radius 1 is 1.42 bits per heavy atom. The molecule has 3 heterocycles. The number of aromatic amines is 1. The van der Waals surface area contributed by atoms with Gasteiger partial charge in [0.1, 0.15) is 0 Å². The van der Waals surface area contributed by atoms with Crippen LogP contribution in [-0.2, 0) is 9.53 Å². The number of likely N-dealkylation sites (tertiary alicyclic amines) is 1. The Bertz CT molecular complexity index is 784. The van der Waals surface area contributed by atoms with Crippen LogP contribution in [0.5, 0.6) is 0 Å². The van der Waals surface area contributed by atoms with Crippen LogP contribution < -0.4 is 5.69 Å². The van der Waals surface area contributed by atoms with Gasteiger partial charge >= 0.3 is 5.69 Å². The van der Waals surface area contributed by atoms with Gasteiger partial charge in [-0.2, -0.15) is 0 Å². The first-order valence-corrected chi connectivity index (χ1v) is 8.27. The Labute approximate surface area is 140 Å². The van der Waals surface area contributed by atoms with Crippen LogP contribution in [0, 0.1) is 5.41 Å². The number of hydrogen-bond donors (Lipinski definition) is 1. The van der Waals surface area contributed by atoms with Gasteiger partial charge in [0.15, 0.2) is 5.65 Å². The molecule has 0 saturated carbocycles. The normalized spacial score (nSPS) is 16.7. The second kappa shape index (κ2) is 6.39. The highest BCUT2D eigenvalue weighted by Crippen LogP contribution is 2.27. The summed E-state index contributed by atoms with van der Waals surface area (Å²) in [6.07, 6.45) is 3.19. The third-order valence-corrected chi connectivity index (χ3v) is 4.68. The topological polar surface area (TPSA) is 80.2 Å². The fraction of sp³-hybridized carbons (Fsp3) is 0.588. The minimum atomic E-state index is -0.527. The minimum Gasteiger partial charge on any atom is -0.384 e. The van der Waals surface area contributed by atoms with Gasteiger partial charge in [-0.25, -0.2) is 9.78 Å². The van der Waals surface area contributed by atoms with E-state index in [-0.39, 0.29) is 17.6 Å². The molecule has 2 aromatic rings. The molecule has 0 unspecified atom stereocenters. The second-order valence-electron chi connectivity index (χ2n) is 7.01. The number of rotatable bonds is 4. The molecule has 0 aromatic carbocycles. The lowest BCUT2D eigenvalue weighted by atomic mass is 9.91. The molecule has 0 bridgehead atoms. The lowest BCUT2D eigenvalue weighted by molar-refractivity contribution is -0.144. The van der Waals surface area contributed by atoms with E-state index in [9.17, 15) is 9.59 Å². The summed E-state index contributed by atoms with van der Waals surface area (Å²) in [4.78, 5) is 34.0. The average Bonchev–Trinajstić information content (AvgIpc) is 2.90. The molecule has 24 heavy (non-hydrogen) atoms. The molecule has 0 aliphatic carbocycles. The number of pyridine rings is 1. The molecule has 1 fully saturated rings. The van der Waals surface area contributed by atoms with E-state index < -0.39 is 5.41 Å². The number of H-pyrrole nitrogens is 1. The van der Waals surface area contributed by atoms with Gasteiger partial charge < -0.3 is 14.6 Å². The van der Waals surface area contributed by atoms with Crippen molar-refractivity contribution in [3.8, 4) is 0 Å². The van der Waals surface area contributed by atoms with E-state index in [1.54, 1.807) is 17.9 Å². The summed E-state index contributed by atoms with van der Waals surface area (Å²) in [5.74, 6) is 0.104. The Kier molecular flexibility index (Phi) is 4.45. The monoisotopic (exact) mass is 332 g/mol. The van der Waals surface area contributed by atoms with Crippen LogP contribution in [0.2, 0.25) is 0 Å². The van der Waals surface area contributed by atoms with E-state index in [1.807, 2.05) is 30.9 Å². The SMILES string of the molecule is COCC(C)(C)C(=O)N1CCC(n2c(=O)[nH]c3cccnc32)CC1. The number of nitrogens with zero attached hydrogens (tertiary/aromatic N) is 3. The van der Waals surface area contributed by atoms with Gasteiger partial charge in [-0.15, -0.1) is 0 Å². The third-order valence-electron chi connectivity index (χ3n) is 4.68. The van der Waals surface area contributed by atoms with E-state index in [4.69, 9.17) is 4.74 Å². The van der Waals surface area contributed by atoms with Crippen molar-refractivity contribution in [2.24, 2.45) is 5.41 Å². The summed E-state index contributed by atoms with van der Waals surface area (Å²) in [6.45, 7) is 5.49. The van der Waals surface area contributed by atoms with Crippen molar-refractivity contribution < 1.29 is 9.53 Å². The lowest BCUT2D eigenvalue weighted by Crippen LogP contribution is -2.47. The third kappa shape index (κ3) is 2.96. The minimum absolute atomic E-state index is 0.0655. The Balaban J connectivity index is 1.74. The van der Waals surface area contributed by atoms with E-state index in [1.165, 1.54) is 0 Å². The number of methoxy groups -OCH3 is 1. The van der Waals surface area contributed by atoms with Gasteiger partial charge in [0, 0.05) is 32.4 Å². The molecular weight excluding hydrogens is 308 g/mol. The van der Waals surface area contributed by atoms with E-state index in [2.05, 4.69) is 9.97 Å². The molecule has 1 saturated heterocycles. The van der Waals surface area contributed by atoms with Crippen LogP contribution >= 0.6 is 0 Å². The maximum atomic E-state index is 12.6. The van der Waals surface area contributed by atoms with Crippen LogP contribution in [0.1, 0.15) is 32.7 Å². The van der Waals surface area contributed by atoms with Gasteiger partial charge in [-0.1, -0.05) is 0 Å². The quantitative estimate of drug-likeness (QED) is 0.921. The highest BCUT2D eigenvalue weighted by molar-refractivity contribution is 5.82. The molecule has 0 spiro atoms. The molecule has 130 valence electrons. The largest absolute Gasteiger partial charge is 0.384 e. The maximum absolute atomic E-state index is 12.6. The van der Waals surface area contributed by atoms with E-state index in [0.717, 1.165) is 18.4 Å². The van der Waals surface area contributed by atoms with Crippen molar-refractivity contribution >= 4 is 17.1 Å². The highest BCUT2D eigenvalue weighted by Gasteiger charge is 2.34. The fourth-order valence-electron chi connectivity index (χ4n) is 3.47.